The SMILES string of the molecule is Cc1nc2sc3c(c2c(=O)n1Cc1cccc(C#N)c1)CCC(C(C)(C)C)C3. The number of thiophene rings is 1. The molecular weight excluding hydrogens is 366 g/mol. The molecule has 1 aliphatic rings. The van der Waals surface area contributed by atoms with Gasteiger partial charge in [0.25, 0.3) is 5.56 Å². The van der Waals surface area contributed by atoms with Gasteiger partial charge in [-0.3, -0.25) is 9.36 Å². The third-order valence-corrected chi connectivity index (χ3v) is 7.13. The molecule has 3 aromatic rings. The van der Waals surface area contributed by atoms with E-state index in [1.54, 1.807) is 22.0 Å². The van der Waals surface area contributed by atoms with Crippen molar-refractivity contribution in [3.63, 3.8) is 0 Å². The molecule has 0 radical (unpaired) electrons. The summed E-state index contributed by atoms with van der Waals surface area (Å²) in [6.45, 7) is 9.26. The highest BCUT2D eigenvalue weighted by Gasteiger charge is 2.32. The minimum Gasteiger partial charge on any atom is -0.292 e. The number of benzene rings is 1. The molecule has 0 aliphatic heterocycles. The minimum atomic E-state index is 0.0524. The van der Waals surface area contributed by atoms with Gasteiger partial charge in [-0.1, -0.05) is 32.9 Å². The predicted molar refractivity (Wildman–Crippen MR) is 114 cm³/mol. The highest BCUT2D eigenvalue weighted by atomic mass is 32.1. The lowest BCUT2D eigenvalue weighted by atomic mass is 9.72. The Kier molecular flexibility index (Phi) is 4.63. The van der Waals surface area contributed by atoms with Crippen LogP contribution in [-0.4, -0.2) is 9.55 Å². The maximum absolute atomic E-state index is 13.4. The van der Waals surface area contributed by atoms with Crippen molar-refractivity contribution in [2.24, 2.45) is 11.3 Å². The molecule has 0 saturated heterocycles. The summed E-state index contributed by atoms with van der Waals surface area (Å²) in [7, 11) is 0. The van der Waals surface area contributed by atoms with Crippen LogP contribution in [0.1, 0.15) is 54.6 Å². The summed E-state index contributed by atoms with van der Waals surface area (Å²) >= 11 is 1.70. The molecule has 4 nitrogen and oxygen atoms in total. The molecule has 28 heavy (non-hydrogen) atoms. The Morgan fingerprint density at radius 3 is 2.86 bits per heavy atom. The first-order valence-corrected chi connectivity index (χ1v) is 10.6. The van der Waals surface area contributed by atoms with Crippen LogP contribution in [0, 0.1) is 29.6 Å². The lowest BCUT2D eigenvalue weighted by Crippen LogP contribution is -2.27. The van der Waals surface area contributed by atoms with Crippen LogP contribution in [0.4, 0.5) is 0 Å². The maximum atomic E-state index is 13.4. The number of hydrogen-bond donors (Lipinski definition) is 0. The summed E-state index contributed by atoms with van der Waals surface area (Å²) in [5.74, 6) is 1.37. The first-order chi connectivity index (χ1) is 13.3. The Morgan fingerprint density at radius 1 is 1.36 bits per heavy atom. The summed E-state index contributed by atoms with van der Waals surface area (Å²) in [5, 5.41) is 9.95. The first kappa shape index (κ1) is 18.9. The topological polar surface area (TPSA) is 58.7 Å². The zero-order valence-electron chi connectivity index (χ0n) is 16.9. The Morgan fingerprint density at radius 2 is 2.14 bits per heavy atom. The van der Waals surface area contributed by atoms with Gasteiger partial charge >= 0.3 is 0 Å². The van der Waals surface area contributed by atoms with Crippen LogP contribution in [0.2, 0.25) is 0 Å². The van der Waals surface area contributed by atoms with Crippen molar-refractivity contribution in [3.05, 3.63) is 62.0 Å². The van der Waals surface area contributed by atoms with Gasteiger partial charge in [0.15, 0.2) is 0 Å². The lowest BCUT2D eigenvalue weighted by molar-refractivity contribution is 0.218. The second-order valence-corrected chi connectivity index (χ2v) is 9.94. The third kappa shape index (κ3) is 3.27. The van der Waals surface area contributed by atoms with E-state index in [2.05, 4.69) is 26.8 Å². The van der Waals surface area contributed by atoms with Gasteiger partial charge in [-0.25, -0.2) is 4.98 Å². The van der Waals surface area contributed by atoms with E-state index >= 15 is 0 Å². The molecular formula is C23H25N3OS. The van der Waals surface area contributed by atoms with Crippen molar-refractivity contribution >= 4 is 21.6 Å². The van der Waals surface area contributed by atoms with Crippen LogP contribution >= 0.6 is 11.3 Å². The second kappa shape index (κ2) is 6.86. The van der Waals surface area contributed by atoms with Gasteiger partial charge in [0, 0.05) is 4.88 Å². The zero-order chi connectivity index (χ0) is 20.1. The monoisotopic (exact) mass is 391 g/mol. The van der Waals surface area contributed by atoms with E-state index in [4.69, 9.17) is 10.2 Å². The van der Waals surface area contributed by atoms with Crippen LogP contribution in [0.25, 0.3) is 10.2 Å². The van der Waals surface area contributed by atoms with Crippen LogP contribution in [0.15, 0.2) is 29.1 Å². The van der Waals surface area contributed by atoms with Crippen LogP contribution in [0.5, 0.6) is 0 Å². The highest BCUT2D eigenvalue weighted by molar-refractivity contribution is 7.18. The Bertz CT molecular complexity index is 1160. The van der Waals surface area contributed by atoms with Crippen molar-refractivity contribution < 1.29 is 0 Å². The van der Waals surface area contributed by atoms with Crippen LogP contribution in [-0.2, 0) is 19.4 Å². The van der Waals surface area contributed by atoms with Crippen LogP contribution < -0.4 is 5.56 Å². The Balaban J connectivity index is 1.78. The van der Waals surface area contributed by atoms with Crippen LogP contribution in [0.3, 0.4) is 0 Å². The Hall–Kier alpha value is -2.45. The summed E-state index contributed by atoms with van der Waals surface area (Å²) in [6, 6.07) is 9.60. The molecule has 1 aromatic carbocycles. The summed E-state index contributed by atoms with van der Waals surface area (Å²) in [5.41, 5.74) is 3.11. The summed E-state index contributed by atoms with van der Waals surface area (Å²) in [6.07, 6.45) is 3.13. The molecule has 0 saturated carbocycles. The minimum absolute atomic E-state index is 0.0524. The quantitative estimate of drug-likeness (QED) is 0.628. The van der Waals surface area contributed by atoms with Crippen molar-refractivity contribution in [2.45, 2.75) is 53.5 Å². The van der Waals surface area contributed by atoms with Crippen molar-refractivity contribution in [1.82, 2.24) is 9.55 Å². The molecule has 1 unspecified atom stereocenters. The van der Waals surface area contributed by atoms with Gasteiger partial charge in [-0.05, 0) is 60.8 Å². The molecule has 0 N–H and O–H groups in total. The van der Waals surface area contributed by atoms with Crippen molar-refractivity contribution in [2.75, 3.05) is 0 Å². The van der Waals surface area contributed by atoms with Gasteiger partial charge < -0.3 is 0 Å². The smallest absolute Gasteiger partial charge is 0.262 e. The number of nitrogens with zero attached hydrogens (tertiary/aromatic N) is 3. The van der Waals surface area contributed by atoms with Gasteiger partial charge in [-0.2, -0.15) is 5.26 Å². The van der Waals surface area contributed by atoms with E-state index in [9.17, 15) is 4.79 Å². The fraction of sp³-hybridized carbons (Fsp3) is 0.435. The highest BCUT2D eigenvalue weighted by Crippen LogP contribution is 2.42. The molecule has 2 aromatic heterocycles. The van der Waals surface area contributed by atoms with E-state index in [1.165, 1.54) is 10.4 Å². The number of nitriles is 1. The number of rotatable bonds is 2. The van der Waals surface area contributed by atoms with Gasteiger partial charge in [0.1, 0.15) is 10.7 Å². The largest absolute Gasteiger partial charge is 0.292 e. The molecule has 0 bridgehead atoms. The fourth-order valence-electron chi connectivity index (χ4n) is 4.21. The summed E-state index contributed by atoms with van der Waals surface area (Å²) in [4.78, 5) is 20.4. The average molecular weight is 392 g/mol. The lowest BCUT2D eigenvalue weighted by Gasteiger charge is -2.33. The molecule has 1 aliphatic carbocycles. The van der Waals surface area contributed by atoms with Crippen molar-refractivity contribution in [1.29, 1.82) is 5.26 Å². The Labute approximate surface area is 169 Å². The molecule has 144 valence electrons. The van der Waals surface area contributed by atoms with E-state index in [0.717, 1.165) is 40.9 Å². The van der Waals surface area contributed by atoms with E-state index < -0.39 is 0 Å². The van der Waals surface area contributed by atoms with Gasteiger partial charge in [-0.15, -0.1) is 11.3 Å². The molecule has 4 rings (SSSR count). The molecule has 1 atom stereocenters. The standard InChI is InChI=1S/C23H25N3OS/c1-14-25-21-20(18-9-8-17(23(2,3)4)11-19(18)28-21)22(27)26(14)13-16-7-5-6-15(10-16)12-24/h5-7,10,17H,8-9,11,13H2,1-4H3. The second-order valence-electron chi connectivity index (χ2n) is 8.85. The fourth-order valence-corrected chi connectivity index (χ4v) is 5.54. The van der Waals surface area contributed by atoms with E-state index in [-0.39, 0.29) is 11.0 Å². The summed E-state index contributed by atoms with van der Waals surface area (Å²) < 4.78 is 1.75. The molecule has 2 heterocycles. The molecule has 0 amide bonds. The predicted octanol–water partition coefficient (Wildman–Crippen LogP) is 4.84. The van der Waals surface area contributed by atoms with E-state index in [1.807, 2.05) is 25.1 Å². The number of aryl methyl sites for hydroxylation is 2. The molecule has 0 spiro atoms. The molecule has 0 fully saturated rings. The number of hydrogen-bond acceptors (Lipinski definition) is 4. The average Bonchev–Trinajstić information content (AvgIpc) is 3.01. The zero-order valence-corrected chi connectivity index (χ0v) is 17.7. The van der Waals surface area contributed by atoms with Gasteiger partial charge in [0.05, 0.1) is 23.6 Å². The van der Waals surface area contributed by atoms with Gasteiger partial charge in [0.2, 0.25) is 0 Å². The normalized spacial score (nSPS) is 16.8. The maximum Gasteiger partial charge on any atom is 0.262 e. The first-order valence-electron chi connectivity index (χ1n) is 9.78. The molecule has 5 heteroatoms. The van der Waals surface area contributed by atoms with Crippen molar-refractivity contribution in [3.8, 4) is 6.07 Å². The number of fused-ring (bicyclic) bond motifs is 3. The third-order valence-electron chi connectivity index (χ3n) is 5.98. The van der Waals surface area contributed by atoms with E-state index in [0.29, 0.717) is 18.0 Å². The number of aromatic nitrogens is 2.